The Morgan fingerprint density at radius 2 is 2.24 bits per heavy atom. The molecule has 1 aromatic carbocycles. The number of ether oxygens (including phenoxy) is 1. The molecule has 1 saturated heterocycles. The van der Waals surface area contributed by atoms with Gasteiger partial charge in [0.15, 0.2) is 0 Å². The molecule has 2 heterocycles. The second-order valence-corrected chi connectivity index (χ2v) is 5.25. The normalized spacial score (nSPS) is 16.5. The number of hydrogen-bond donors (Lipinski definition) is 1. The largest absolute Gasteiger partial charge is 0.494 e. The average molecular weight is 285 g/mol. The number of rotatable bonds is 3. The van der Waals surface area contributed by atoms with Crippen molar-refractivity contribution in [2.45, 2.75) is 13.0 Å². The minimum Gasteiger partial charge on any atom is -0.494 e. The first-order chi connectivity index (χ1) is 10.3. The smallest absolute Gasteiger partial charge is 0.234 e. The van der Waals surface area contributed by atoms with E-state index in [1.54, 1.807) is 7.11 Å². The number of pyridine rings is 1. The minimum atomic E-state index is 0.0888. The summed E-state index contributed by atoms with van der Waals surface area (Å²) in [7, 11) is 1.66. The third-order valence-electron chi connectivity index (χ3n) is 3.69. The van der Waals surface area contributed by atoms with Crippen molar-refractivity contribution in [1.29, 1.82) is 0 Å². The van der Waals surface area contributed by atoms with Gasteiger partial charge in [-0.1, -0.05) is 18.2 Å². The SMILES string of the molecule is COc1cccc2ccc(CN3CCCNC(=O)C3)nc12. The highest BCUT2D eigenvalue weighted by atomic mass is 16.5. The van der Waals surface area contributed by atoms with Gasteiger partial charge in [-0.3, -0.25) is 9.69 Å². The Kier molecular flexibility index (Phi) is 4.01. The molecule has 110 valence electrons. The van der Waals surface area contributed by atoms with Crippen LogP contribution in [0.25, 0.3) is 10.9 Å². The van der Waals surface area contributed by atoms with Crippen LogP contribution in [0.2, 0.25) is 0 Å². The van der Waals surface area contributed by atoms with Gasteiger partial charge in [0, 0.05) is 25.0 Å². The summed E-state index contributed by atoms with van der Waals surface area (Å²) in [4.78, 5) is 18.4. The molecule has 3 rings (SSSR count). The number of amides is 1. The van der Waals surface area contributed by atoms with Gasteiger partial charge < -0.3 is 10.1 Å². The van der Waals surface area contributed by atoms with Gasteiger partial charge >= 0.3 is 0 Å². The van der Waals surface area contributed by atoms with E-state index in [9.17, 15) is 4.79 Å². The number of hydrogen-bond acceptors (Lipinski definition) is 4. The number of benzene rings is 1. The van der Waals surface area contributed by atoms with E-state index in [1.807, 2.05) is 24.3 Å². The topological polar surface area (TPSA) is 54.5 Å². The van der Waals surface area contributed by atoms with Crippen LogP contribution < -0.4 is 10.1 Å². The van der Waals surface area contributed by atoms with Crippen molar-refractivity contribution < 1.29 is 9.53 Å². The minimum absolute atomic E-state index is 0.0888. The standard InChI is InChI=1S/C16H19N3O2/c1-21-14-5-2-4-12-6-7-13(18-16(12)14)10-19-9-3-8-17-15(20)11-19/h2,4-7H,3,8-11H2,1H3,(H,17,20). The summed E-state index contributed by atoms with van der Waals surface area (Å²) < 4.78 is 5.37. The molecule has 0 radical (unpaired) electrons. The van der Waals surface area contributed by atoms with E-state index in [1.165, 1.54) is 0 Å². The molecule has 1 aromatic heterocycles. The maximum Gasteiger partial charge on any atom is 0.234 e. The van der Waals surface area contributed by atoms with Crippen LogP contribution in [0.1, 0.15) is 12.1 Å². The third-order valence-corrected chi connectivity index (χ3v) is 3.69. The van der Waals surface area contributed by atoms with Crippen LogP contribution in [0, 0.1) is 0 Å². The van der Waals surface area contributed by atoms with Gasteiger partial charge in [-0.15, -0.1) is 0 Å². The maximum absolute atomic E-state index is 11.6. The van der Waals surface area contributed by atoms with E-state index < -0.39 is 0 Å². The molecule has 0 spiro atoms. The van der Waals surface area contributed by atoms with Gasteiger partial charge in [0.25, 0.3) is 0 Å². The van der Waals surface area contributed by atoms with Crippen LogP contribution in [0.4, 0.5) is 0 Å². The number of aromatic nitrogens is 1. The molecule has 21 heavy (non-hydrogen) atoms. The number of fused-ring (bicyclic) bond motifs is 1. The second-order valence-electron chi connectivity index (χ2n) is 5.25. The first-order valence-corrected chi connectivity index (χ1v) is 7.18. The fraction of sp³-hybridized carbons (Fsp3) is 0.375. The van der Waals surface area contributed by atoms with Crippen molar-refractivity contribution >= 4 is 16.8 Å². The number of carbonyl (C=O) groups is 1. The lowest BCUT2D eigenvalue weighted by Crippen LogP contribution is -2.32. The Balaban J connectivity index is 1.85. The lowest BCUT2D eigenvalue weighted by atomic mass is 10.2. The predicted molar refractivity (Wildman–Crippen MR) is 81.2 cm³/mol. The van der Waals surface area contributed by atoms with Crippen molar-refractivity contribution in [3.63, 3.8) is 0 Å². The lowest BCUT2D eigenvalue weighted by Gasteiger charge is -2.18. The fourth-order valence-electron chi connectivity index (χ4n) is 2.65. The predicted octanol–water partition coefficient (Wildman–Crippen LogP) is 1.57. The van der Waals surface area contributed by atoms with Crippen LogP contribution in [-0.2, 0) is 11.3 Å². The molecule has 1 amide bonds. The summed E-state index contributed by atoms with van der Waals surface area (Å²) in [6.07, 6.45) is 0.975. The average Bonchev–Trinajstić information content (AvgIpc) is 2.70. The Hall–Kier alpha value is -2.14. The Morgan fingerprint density at radius 3 is 3.10 bits per heavy atom. The molecule has 0 unspecified atom stereocenters. The highest BCUT2D eigenvalue weighted by Gasteiger charge is 2.15. The molecule has 1 N–H and O–H groups in total. The zero-order valence-corrected chi connectivity index (χ0v) is 12.1. The summed E-state index contributed by atoms with van der Waals surface area (Å²) in [5.41, 5.74) is 1.83. The van der Waals surface area contributed by atoms with Gasteiger partial charge in [-0.05, 0) is 18.6 Å². The fourth-order valence-corrected chi connectivity index (χ4v) is 2.65. The first kappa shape index (κ1) is 13.8. The molecule has 5 heteroatoms. The first-order valence-electron chi connectivity index (χ1n) is 7.18. The summed E-state index contributed by atoms with van der Waals surface area (Å²) in [6.45, 7) is 2.78. The molecule has 2 aromatic rings. The van der Waals surface area contributed by atoms with Gasteiger partial charge in [-0.25, -0.2) is 4.98 Å². The summed E-state index contributed by atoms with van der Waals surface area (Å²) in [6, 6.07) is 9.97. The van der Waals surface area contributed by atoms with E-state index in [4.69, 9.17) is 9.72 Å². The molecule has 5 nitrogen and oxygen atoms in total. The van der Waals surface area contributed by atoms with Crippen LogP contribution >= 0.6 is 0 Å². The highest BCUT2D eigenvalue weighted by Crippen LogP contribution is 2.23. The highest BCUT2D eigenvalue weighted by molar-refractivity contribution is 5.84. The Morgan fingerprint density at radius 1 is 1.33 bits per heavy atom. The van der Waals surface area contributed by atoms with E-state index >= 15 is 0 Å². The van der Waals surface area contributed by atoms with E-state index in [-0.39, 0.29) is 5.91 Å². The van der Waals surface area contributed by atoms with Gasteiger partial charge in [-0.2, -0.15) is 0 Å². The van der Waals surface area contributed by atoms with Gasteiger partial charge in [0.05, 0.1) is 19.3 Å². The van der Waals surface area contributed by atoms with Crippen LogP contribution in [0.5, 0.6) is 5.75 Å². The molecular formula is C16H19N3O2. The molecule has 0 atom stereocenters. The number of para-hydroxylation sites is 1. The molecule has 0 bridgehead atoms. The number of methoxy groups -OCH3 is 1. The molecule has 0 saturated carbocycles. The Labute approximate surface area is 123 Å². The Bertz CT molecular complexity index is 657. The zero-order chi connectivity index (χ0) is 14.7. The van der Waals surface area contributed by atoms with E-state index in [2.05, 4.69) is 16.3 Å². The summed E-state index contributed by atoms with van der Waals surface area (Å²) in [5, 5.41) is 3.95. The molecule has 1 fully saturated rings. The maximum atomic E-state index is 11.6. The van der Waals surface area contributed by atoms with E-state index in [0.29, 0.717) is 13.1 Å². The number of nitrogens with one attached hydrogen (secondary N) is 1. The van der Waals surface area contributed by atoms with E-state index in [0.717, 1.165) is 41.9 Å². The summed E-state index contributed by atoms with van der Waals surface area (Å²) >= 11 is 0. The molecular weight excluding hydrogens is 266 g/mol. The van der Waals surface area contributed by atoms with Crippen molar-refractivity contribution in [3.8, 4) is 5.75 Å². The van der Waals surface area contributed by atoms with Crippen LogP contribution in [-0.4, -0.2) is 42.5 Å². The monoisotopic (exact) mass is 285 g/mol. The van der Waals surface area contributed by atoms with Crippen molar-refractivity contribution in [2.75, 3.05) is 26.7 Å². The molecule has 1 aliphatic heterocycles. The summed E-state index contributed by atoms with van der Waals surface area (Å²) in [5.74, 6) is 0.869. The number of nitrogens with zero attached hydrogens (tertiary/aromatic N) is 2. The molecule has 0 aliphatic carbocycles. The van der Waals surface area contributed by atoms with Crippen molar-refractivity contribution in [3.05, 3.63) is 36.0 Å². The molecule has 1 aliphatic rings. The second kappa shape index (κ2) is 6.10. The zero-order valence-electron chi connectivity index (χ0n) is 12.1. The lowest BCUT2D eigenvalue weighted by molar-refractivity contribution is -0.121. The van der Waals surface area contributed by atoms with Gasteiger partial charge in [0.1, 0.15) is 11.3 Å². The van der Waals surface area contributed by atoms with Crippen LogP contribution in [0.15, 0.2) is 30.3 Å². The van der Waals surface area contributed by atoms with Gasteiger partial charge in [0.2, 0.25) is 5.91 Å². The van der Waals surface area contributed by atoms with Crippen molar-refractivity contribution in [1.82, 2.24) is 15.2 Å². The third kappa shape index (κ3) is 3.13. The quantitative estimate of drug-likeness (QED) is 0.930. The number of carbonyl (C=O) groups excluding carboxylic acids is 1. The van der Waals surface area contributed by atoms with Crippen molar-refractivity contribution in [2.24, 2.45) is 0 Å². The van der Waals surface area contributed by atoms with Crippen LogP contribution in [0.3, 0.4) is 0 Å².